The second-order valence-corrected chi connectivity index (χ2v) is 4.39. The van der Waals surface area contributed by atoms with E-state index in [1.807, 2.05) is 0 Å². The van der Waals surface area contributed by atoms with Crippen LogP contribution in [0.2, 0.25) is 5.02 Å². The van der Waals surface area contributed by atoms with Gasteiger partial charge >= 0.3 is 6.61 Å². The second-order valence-electron chi connectivity index (χ2n) is 3.03. The first-order valence-electron chi connectivity index (χ1n) is 4.30. The van der Waals surface area contributed by atoms with Crippen LogP contribution in [0, 0.1) is 0 Å². The molecule has 0 bridgehead atoms. The highest BCUT2D eigenvalue weighted by molar-refractivity contribution is 9.09. The standard InChI is InChI=1S/C10H8BrClF2O2/c1-5(15)9(11)7-4-6(12)2-3-8(7)16-10(13)14/h2-4,9-10H,1H3. The van der Waals surface area contributed by atoms with Crippen LogP contribution >= 0.6 is 27.5 Å². The van der Waals surface area contributed by atoms with E-state index in [4.69, 9.17) is 11.6 Å². The van der Waals surface area contributed by atoms with Crippen LogP contribution in [-0.2, 0) is 4.79 Å². The predicted molar refractivity (Wildman–Crippen MR) is 60.4 cm³/mol. The van der Waals surface area contributed by atoms with Crippen LogP contribution in [0.5, 0.6) is 5.75 Å². The monoisotopic (exact) mass is 312 g/mol. The third-order valence-corrected chi connectivity index (χ3v) is 3.19. The molecule has 0 fully saturated rings. The molecule has 1 unspecified atom stereocenters. The lowest BCUT2D eigenvalue weighted by Gasteiger charge is -2.13. The lowest BCUT2D eigenvalue weighted by Crippen LogP contribution is -2.08. The molecule has 0 amide bonds. The highest BCUT2D eigenvalue weighted by Gasteiger charge is 2.19. The first-order valence-corrected chi connectivity index (χ1v) is 5.60. The lowest BCUT2D eigenvalue weighted by molar-refractivity contribution is -0.116. The minimum absolute atomic E-state index is 0.0588. The molecule has 0 aliphatic heterocycles. The number of ketones is 1. The number of ether oxygens (including phenoxy) is 1. The van der Waals surface area contributed by atoms with Crippen LogP contribution in [0.1, 0.15) is 17.3 Å². The van der Waals surface area contributed by atoms with Crippen LogP contribution in [0.25, 0.3) is 0 Å². The van der Waals surface area contributed by atoms with Crippen LogP contribution in [0.3, 0.4) is 0 Å². The summed E-state index contributed by atoms with van der Waals surface area (Å²) in [6, 6.07) is 4.14. The fourth-order valence-electron chi connectivity index (χ4n) is 1.14. The van der Waals surface area contributed by atoms with Crippen molar-refractivity contribution < 1.29 is 18.3 Å². The SMILES string of the molecule is CC(=O)C(Br)c1cc(Cl)ccc1OC(F)F. The van der Waals surface area contributed by atoms with Gasteiger partial charge in [0.2, 0.25) is 0 Å². The van der Waals surface area contributed by atoms with Gasteiger partial charge in [-0.15, -0.1) is 0 Å². The molecular weight excluding hydrogens is 305 g/mol. The summed E-state index contributed by atoms with van der Waals surface area (Å²) in [5.74, 6) is -0.280. The summed E-state index contributed by atoms with van der Waals surface area (Å²) in [5, 5.41) is 0.349. The molecule has 1 aromatic rings. The highest BCUT2D eigenvalue weighted by atomic mass is 79.9. The van der Waals surface area contributed by atoms with E-state index < -0.39 is 11.4 Å². The molecule has 1 rings (SSSR count). The molecule has 0 saturated heterocycles. The maximum atomic E-state index is 12.1. The molecule has 6 heteroatoms. The molecule has 1 aromatic carbocycles. The van der Waals surface area contributed by atoms with Crippen molar-refractivity contribution in [3.63, 3.8) is 0 Å². The Morgan fingerprint density at radius 3 is 2.62 bits per heavy atom. The van der Waals surface area contributed by atoms with Gasteiger partial charge in [0.25, 0.3) is 0 Å². The molecule has 0 saturated carbocycles. The maximum absolute atomic E-state index is 12.1. The number of carbonyl (C=O) groups is 1. The molecule has 0 N–H and O–H groups in total. The van der Waals surface area contributed by atoms with E-state index >= 15 is 0 Å². The second kappa shape index (κ2) is 5.59. The van der Waals surface area contributed by atoms with Gasteiger partial charge in [-0.3, -0.25) is 4.79 Å². The summed E-state index contributed by atoms with van der Waals surface area (Å²) in [7, 11) is 0. The Hall–Kier alpha value is -0.680. The number of hydrogen-bond acceptors (Lipinski definition) is 2. The zero-order chi connectivity index (χ0) is 12.3. The largest absolute Gasteiger partial charge is 0.434 e. The van der Waals surface area contributed by atoms with Crippen molar-refractivity contribution in [1.82, 2.24) is 0 Å². The minimum atomic E-state index is -2.94. The van der Waals surface area contributed by atoms with Crippen molar-refractivity contribution in [2.75, 3.05) is 0 Å². The third-order valence-electron chi connectivity index (χ3n) is 1.82. The number of hydrogen-bond donors (Lipinski definition) is 0. The van der Waals surface area contributed by atoms with Gasteiger partial charge in [0.15, 0.2) is 0 Å². The van der Waals surface area contributed by atoms with Gasteiger partial charge in [0, 0.05) is 10.6 Å². The van der Waals surface area contributed by atoms with Crippen molar-refractivity contribution in [2.24, 2.45) is 0 Å². The predicted octanol–water partition coefficient (Wildman–Crippen LogP) is 3.97. The smallest absolute Gasteiger partial charge is 0.387 e. The molecule has 0 radical (unpaired) electrons. The van der Waals surface area contributed by atoms with Gasteiger partial charge in [-0.2, -0.15) is 8.78 Å². The van der Waals surface area contributed by atoms with Crippen molar-refractivity contribution in [3.8, 4) is 5.75 Å². The Morgan fingerprint density at radius 1 is 1.50 bits per heavy atom. The first-order chi connectivity index (χ1) is 7.41. The van der Waals surface area contributed by atoms with Crippen LogP contribution in [0.15, 0.2) is 18.2 Å². The molecule has 0 aliphatic carbocycles. The number of alkyl halides is 3. The van der Waals surface area contributed by atoms with Crippen LogP contribution in [0.4, 0.5) is 8.78 Å². The Balaban J connectivity index is 3.12. The summed E-state index contributed by atoms with van der Waals surface area (Å²) in [5.41, 5.74) is 0.292. The normalized spacial score (nSPS) is 12.6. The van der Waals surface area contributed by atoms with Gasteiger partial charge in [0.05, 0.1) is 0 Å². The number of benzene rings is 1. The van der Waals surface area contributed by atoms with Gasteiger partial charge < -0.3 is 4.74 Å². The van der Waals surface area contributed by atoms with Crippen molar-refractivity contribution in [1.29, 1.82) is 0 Å². The van der Waals surface area contributed by atoms with E-state index in [2.05, 4.69) is 20.7 Å². The van der Waals surface area contributed by atoms with E-state index in [9.17, 15) is 13.6 Å². The fraction of sp³-hybridized carbons (Fsp3) is 0.300. The summed E-state index contributed by atoms with van der Waals surface area (Å²) >= 11 is 8.82. The summed E-state index contributed by atoms with van der Waals surface area (Å²) in [6.07, 6.45) is 0. The molecule has 0 aromatic heterocycles. The van der Waals surface area contributed by atoms with Crippen molar-refractivity contribution >= 4 is 33.3 Å². The van der Waals surface area contributed by atoms with E-state index in [0.29, 0.717) is 10.6 Å². The molecule has 0 spiro atoms. The van der Waals surface area contributed by atoms with Gasteiger partial charge in [0.1, 0.15) is 16.4 Å². The number of carbonyl (C=O) groups excluding carboxylic acids is 1. The van der Waals surface area contributed by atoms with Crippen LogP contribution in [-0.4, -0.2) is 12.4 Å². The molecule has 16 heavy (non-hydrogen) atoms. The Labute approximate surface area is 105 Å². The fourth-order valence-corrected chi connectivity index (χ4v) is 1.68. The van der Waals surface area contributed by atoms with Crippen molar-refractivity contribution in [2.45, 2.75) is 18.4 Å². The number of Topliss-reactive ketones (excluding diaryl/α,β-unsaturated/α-hetero) is 1. The van der Waals surface area contributed by atoms with Gasteiger partial charge in [-0.05, 0) is 25.1 Å². The average Bonchev–Trinajstić information content (AvgIpc) is 2.18. The molecular formula is C10H8BrClF2O2. The number of halogens is 4. The topological polar surface area (TPSA) is 26.3 Å². The number of rotatable bonds is 4. The first kappa shape index (κ1) is 13.4. The Morgan fingerprint density at radius 2 is 2.12 bits per heavy atom. The highest BCUT2D eigenvalue weighted by Crippen LogP contribution is 2.34. The molecule has 1 atom stereocenters. The van der Waals surface area contributed by atoms with E-state index in [-0.39, 0.29) is 11.5 Å². The molecule has 88 valence electrons. The lowest BCUT2D eigenvalue weighted by atomic mass is 10.1. The third kappa shape index (κ3) is 3.42. The van der Waals surface area contributed by atoms with E-state index in [1.54, 1.807) is 0 Å². The van der Waals surface area contributed by atoms with Gasteiger partial charge in [-0.1, -0.05) is 27.5 Å². The zero-order valence-electron chi connectivity index (χ0n) is 8.22. The molecule has 0 aliphatic rings. The van der Waals surface area contributed by atoms with Crippen molar-refractivity contribution in [3.05, 3.63) is 28.8 Å². The Bertz CT molecular complexity index is 398. The minimum Gasteiger partial charge on any atom is -0.434 e. The molecule has 2 nitrogen and oxygen atoms in total. The Kier molecular flexibility index (Phi) is 4.68. The summed E-state index contributed by atoms with van der Waals surface area (Å²) in [6.45, 7) is -1.60. The van der Waals surface area contributed by atoms with E-state index in [1.165, 1.54) is 25.1 Å². The molecule has 0 heterocycles. The van der Waals surface area contributed by atoms with E-state index in [0.717, 1.165) is 0 Å². The summed E-state index contributed by atoms with van der Waals surface area (Å²) in [4.78, 5) is 10.5. The maximum Gasteiger partial charge on any atom is 0.387 e. The zero-order valence-corrected chi connectivity index (χ0v) is 10.6. The summed E-state index contributed by atoms with van der Waals surface area (Å²) < 4.78 is 28.5. The van der Waals surface area contributed by atoms with Gasteiger partial charge in [-0.25, -0.2) is 0 Å². The average molecular weight is 314 g/mol. The van der Waals surface area contributed by atoms with Crippen LogP contribution < -0.4 is 4.74 Å². The quantitative estimate of drug-likeness (QED) is 0.786.